The molecule has 0 radical (unpaired) electrons. The standard InChI is InChI=1S/C38H68O7Si2/c1-18-32(42-13)35(43-36(41)29-22-20-19-21-23-29)28(6)34(45-47(16,17)38(10,11)12)27(5)31(40)24-30(39)26(4)33(25(2)3)44-46(14,15)37(7,8)9/h18-23,25-28,30,32-35,39H,1,24H2,2-17H3/t26-,27+,28-,30+,32-,33+,34-,35-/m0/s1. The highest BCUT2D eigenvalue weighted by Crippen LogP contribution is 2.42. The molecular formula is C38H68O7Si2. The summed E-state index contributed by atoms with van der Waals surface area (Å²) in [6, 6.07) is 8.82. The van der Waals surface area contributed by atoms with Gasteiger partial charge in [-0.3, -0.25) is 4.79 Å². The first-order valence-corrected chi connectivity index (χ1v) is 23.1. The van der Waals surface area contributed by atoms with Gasteiger partial charge in [0.15, 0.2) is 16.6 Å². The van der Waals surface area contributed by atoms with Gasteiger partial charge in [-0.05, 0) is 54.3 Å². The predicted octanol–water partition coefficient (Wildman–Crippen LogP) is 9.08. The summed E-state index contributed by atoms with van der Waals surface area (Å²) in [4.78, 5) is 27.4. The molecular weight excluding hydrogens is 625 g/mol. The lowest BCUT2D eigenvalue weighted by Gasteiger charge is -2.45. The van der Waals surface area contributed by atoms with Crippen molar-refractivity contribution >= 4 is 28.4 Å². The summed E-state index contributed by atoms with van der Waals surface area (Å²) < 4.78 is 25.7. The Bertz CT molecular complexity index is 1140. The Morgan fingerprint density at radius 1 is 0.809 bits per heavy atom. The van der Waals surface area contributed by atoms with Gasteiger partial charge in [0, 0.05) is 31.3 Å². The molecule has 0 amide bonds. The fourth-order valence-electron chi connectivity index (χ4n) is 5.32. The fourth-order valence-corrected chi connectivity index (χ4v) is 8.29. The Labute approximate surface area is 289 Å². The van der Waals surface area contributed by atoms with E-state index in [9.17, 15) is 14.7 Å². The van der Waals surface area contributed by atoms with Crippen molar-refractivity contribution < 1.29 is 33.0 Å². The monoisotopic (exact) mass is 692 g/mol. The van der Waals surface area contributed by atoms with Crippen molar-refractivity contribution in [2.75, 3.05) is 7.11 Å². The first-order chi connectivity index (χ1) is 21.3. The molecule has 0 aliphatic carbocycles. The molecule has 8 atom stereocenters. The number of rotatable bonds is 18. The number of hydrogen-bond donors (Lipinski definition) is 1. The first-order valence-electron chi connectivity index (χ1n) is 17.3. The van der Waals surface area contributed by atoms with E-state index in [-0.39, 0.29) is 40.2 Å². The van der Waals surface area contributed by atoms with Gasteiger partial charge in [0.1, 0.15) is 18.0 Å². The molecule has 0 aliphatic heterocycles. The molecule has 0 fully saturated rings. The predicted molar refractivity (Wildman–Crippen MR) is 199 cm³/mol. The van der Waals surface area contributed by atoms with Crippen LogP contribution in [0.1, 0.15) is 92.9 Å². The number of hydrogen-bond acceptors (Lipinski definition) is 7. The molecule has 1 aromatic carbocycles. The van der Waals surface area contributed by atoms with Gasteiger partial charge in [-0.25, -0.2) is 4.79 Å². The third-order valence-electron chi connectivity index (χ3n) is 10.8. The summed E-state index contributed by atoms with van der Waals surface area (Å²) in [6.45, 7) is 35.8. The minimum absolute atomic E-state index is 0.0194. The van der Waals surface area contributed by atoms with Crippen LogP contribution in [-0.4, -0.2) is 71.1 Å². The molecule has 0 heterocycles. The van der Waals surface area contributed by atoms with E-state index in [0.29, 0.717) is 5.56 Å². The van der Waals surface area contributed by atoms with Crippen LogP contribution in [-0.2, 0) is 23.1 Å². The molecule has 0 aromatic heterocycles. The number of ketones is 1. The van der Waals surface area contributed by atoms with E-state index in [1.165, 1.54) is 0 Å². The zero-order chi connectivity index (χ0) is 36.7. The molecule has 0 aliphatic rings. The van der Waals surface area contributed by atoms with Crippen LogP contribution in [0.25, 0.3) is 0 Å². The van der Waals surface area contributed by atoms with Crippen LogP contribution in [0.15, 0.2) is 43.0 Å². The average molecular weight is 693 g/mol. The van der Waals surface area contributed by atoms with Crippen molar-refractivity contribution in [2.24, 2.45) is 23.7 Å². The summed E-state index contributed by atoms with van der Waals surface area (Å²) in [5, 5.41) is 11.4. The van der Waals surface area contributed by atoms with Gasteiger partial charge in [0.2, 0.25) is 0 Å². The summed E-state index contributed by atoms with van der Waals surface area (Å²) in [6.07, 6.45) is -1.50. The summed E-state index contributed by atoms with van der Waals surface area (Å²) >= 11 is 0. The van der Waals surface area contributed by atoms with Crippen molar-refractivity contribution in [3.05, 3.63) is 48.6 Å². The lowest BCUT2D eigenvalue weighted by Crippen LogP contribution is -2.53. The third kappa shape index (κ3) is 11.7. The Morgan fingerprint density at radius 2 is 1.28 bits per heavy atom. The van der Waals surface area contributed by atoms with E-state index in [1.807, 2.05) is 26.8 Å². The number of ether oxygens (including phenoxy) is 2. The highest BCUT2D eigenvalue weighted by molar-refractivity contribution is 6.74. The highest BCUT2D eigenvalue weighted by Gasteiger charge is 2.47. The van der Waals surface area contributed by atoms with Crippen LogP contribution in [0, 0.1) is 23.7 Å². The van der Waals surface area contributed by atoms with Gasteiger partial charge in [-0.1, -0.05) is 100 Å². The van der Waals surface area contributed by atoms with Crippen molar-refractivity contribution in [1.82, 2.24) is 0 Å². The number of Topliss-reactive ketones (excluding diaryl/α,β-unsaturated/α-hetero) is 1. The van der Waals surface area contributed by atoms with Crippen molar-refractivity contribution in [3.63, 3.8) is 0 Å². The van der Waals surface area contributed by atoms with Gasteiger partial charge >= 0.3 is 5.97 Å². The van der Waals surface area contributed by atoms with Gasteiger partial charge < -0.3 is 23.4 Å². The van der Waals surface area contributed by atoms with Crippen LogP contribution in [0.5, 0.6) is 0 Å². The van der Waals surface area contributed by atoms with Gasteiger partial charge in [0.25, 0.3) is 0 Å². The number of aliphatic hydroxyl groups excluding tert-OH is 1. The fraction of sp³-hybridized carbons (Fsp3) is 0.737. The van der Waals surface area contributed by atoms with Crippen LogP contribution in [0.2, 0.25) is 36.3 Å². The topological polar surface area (TPSA) is 91.3 Å². The molecule has 270 valence electrons. The van der Waals surface area contributed by atoms with E-state index in [2.05, 4.69) is 88.2 Å². The largest absolute Gasteiger partial charge is 0.455 e. The Balaban J connectivity index is 3.48. The summed E-state index contributed by atoms with van der Waals surface area (Å²) in [5.41, 5.74) is 0.423. The Morgan fingerprint density at radius 3 is 1.68 bits per heavy atom. The van der Waals surface area contributed by atoms with Crippen molar-refractivity contribution in [1.29, 1.82) is 0 Å². The quantitative estimate of drug-likeness (QED) is 0.0933. The normalized spacial score (nSPS) is 18.4. The molecule has 0 saturated carbocycles. The number of aliphatic hydroxyl groups is 1. The van der Waals surface area contributed by atoms with Crippen LogP contribution < -0.4 is 0 Å². The van der Waals surface area contributed by atoms with Crippen molar-refractivity contribution in [2.45, 2.75) is 149 Å². The second-order valence-corrected chi connectivity index (χ2v) is 26.4. The average Bonchev–Trinajstić information content (AvgIpc) is 2.96. The number of methoxy groups -OCH3 is 1. The van der Waals surface area contributed by atoms with Gasteiger partial charge in [0.05, 0.1) is 23.9 Å². The molecule has 9 heteroatoms. The molecule has 1 N–H and O–H groups in total. The second kappa shape index (κ2) is 17.3. The molecule has 0 bridgehead atoms. The number of esters is 1. The molecule has 7 nitrogen and oxygen atoms in total. The Kier molecular flexibility index (Phi) is 16.0. The summed E-state index contributed by atoms with van der Waals surface area (Å²) in [7, 11) is -2.99. The third-order valence-corrected chi connectivity index (χ3v) is 19.7. The molecule has 0 saturated heterocycles. The lowest BCUT2D eigenvalue weighted by atomic mass is 9.81. The molecule has 1 rings (SSSR count). The molecule has 0 spiro atoms. The highest BCUT2D eigenvalue weighted by atomic mass is 28.4. The SMILES string of the molecule is C=C[C@H](OC)[C@@H](OC(=O)c1ccccc1)[C@@H](C)[C@@H](O[Si](C)(C)C(C)(C)C)[C@H](C)C(=O)C[C@@H](O)[C@H](C)[C@H](O[Si](C)(C)C(C)(C)C)C(C)C. The number of carbonyl (C=O) groups is 2. The van der Waals surface area contributed by atoms with Crippen LogP contribution in [0.4, 0.5) is 0 Å². The van der Waals surface area contributed by atoms with E-state index in [0.717, 1.165) is 0 Å². The maximum atomic E-state index is 14.1. The van der Waals surface area contributed by atoms with Crippen molar-refractivity contribution in [3.8, 4) is 0 Å². The minimum atomic E-state index is -2.42. The molecule has 0 unspecified atom stereocenters. The van der Waals surface area contributed by atoms with E-state index in [4.69, 9.17) is 18.3 Å². The molecule has 47 heavy (non-hydrogen) atoms. The number of carbonyl (C=O) groups excluding carboxylic acids is 2. The maximum Gasteiger partial charge on any atom is 0.338 e. The van der Waals surface area contributed by atoms with E-state index < -0.39 is 58.9 Å². The van der Waals surface area contributed by atoms with Gasteiger partial charge in [-0.2, -0.15) is 0 Å². The minimum Gasteiger partial charge on any atom is -0.455 e. The number of benzene rings is 1. The second-order valence-electron chi connectivity index (χ2n) is 16.8. The lowest BCUT2D eigenvalue weighted by molar-refractivity contribution is -0.132. The smallest absolute Gasteiger partial charge is 0.338 e. The van der Waals surface area contributed by atoms with E-state index in [1.54, 1.807) is 37.5 Å². The summed E-state index contributed by atoms with van der Waals surface area (Å²) in [5.74, 6) is -1.72. The van der Waals surface area contributed by atoms with Crippen LogP contribution >= 0.6 is 0 Å². The first kappa shape index (κ1) is 43.4. The Hall–Kier alpha value is -1.63. The zero-order valence-corrected chi connectivity index (χ0v) is 34.5. The molecule has 1 aromatic rings. The van der Waals surface area contributed by atoms with Gasteiger partial charge in [-0.15, -0.1) is 6.58 Å². The van der Waals surface area contributed by atoms with Crippen LogP contribution in [0.3, 0.4) is 0 Å². The maximum absolute atomic E-state index is 14.1. The van der Waals surface area contributed by atoms with E-state index >= 15 is 0 Å². The zero-order valence-electron chi connectivity index (χ0n) is 32.5.